The van der Waals surface area contributed by atoms with E-state index in [1.807, 2.05) is 0 Å². The number of rotatable bonds is 5. The molecule has 0 saturated carbocycles. The van der Waals surface area contributed by atoms with Crippen LogP contribution in [0.4, 0.5) is 4.39 Å². The predicted molar refractivity (Wildman–Crippen MR) is 91.4 cm³/mol. The molecule has 1 saturated heterocycles. The minimum atomic E-state index is -0.551. The van der Waals surface area contributed by atoms with Gasteiger partial charge in [-0.25, -0.2) is 9.37 Å². The van der Waals surface area contributed by atoms with Crippen LogP contribution in [-0.4, -0.2) is 45.1 Å². The van der Waals surface area contributed by atoms with Gasteiger partial charge in [0.25, 0.3) is 11.5 Å². The summed E-state index contributed by atoms with van der Waals surface area (Å²) in [4.78, 5) is 33.0. The van der Waals surface area contributed by atoms with E-state index in [-0.39, 0.29) is 36.5 Å². The number of benzene rings is 1. The third-order valence-electron chi connectivity index (χ3n) is 4.37. The smallest absolute Gasteiger partial charge is 0.263 e. The van der Waals surface area contributed by atoms with Crippen LogP contribution < -0.4 is 10.3 Å². The lowest BCUT2D eigenvalue weighted by molar-refractivity contribution is 0.0500. The van der Waals surface area contributed by atoms with E-state index in [2.05, 4.69) is 9.97 Å². The molecule has 3 rings (SSSR count). The number of piperidine rings is 1. The Balaban J connectivity index is 1.69. The zero-order valence-electron chi connectivity index (χ0n) is 14.2. The second-order valence-electron chi connectivity index (χ2n) is 6.15. The van der Waals surface area contributed by atoms with Crippen molar-refractivity contribution >= 4 is 5.91 Å². The normalized spacial score (nSPS) is 17.2. The van der Waals surface area contributed by atoms with Crippen molar-refractivity contribution in [3.8, 4) is 5.75 Å². The fraction of sp³-hybridized carbons (Fsp3) is 0.389. The van der Waals surface area contributed by atoms with E-state index in [0.717, 1.165) is 19.3 Å². The second kappa shape index (κ2) is 8.09. The van der Waals surface area contributed by atoms with E-state index >= 15 is 0 Å². The highest BCUT2D eigenvalue weighted by Gasteiger charge is 2.28. The van der Waals surface area contributed by atoms with E-state index in [0.29, 0.717) is 12.3 Å². The van der Waals surface area contributed by atoms with Crippen LogP contribution in [0.3, 0.4) is 0 Å². The zero-order chi connectivity index (χ0) is 18.5. The van der Waals surface area contributed by atoms with Crippen LogP contribution >= 0.6 is 0 Å². The fourth-order valence-corrected chi connectivity index (χ4v) is 2.95. The van der Waals surface area contributed by atoms with E-state index < -0.39 is 11.5 Å². The number of amides is 1. The first-order valence-electron chi connectivity index (χ1n) is 8.47. The highest BCUT2D eigenvalue weighted by atomic mass is 19.1. The predicted octanol–water partition coefficient (Wildman–Crippen LogP) is 1.47. The van der Waals surface area contributed by atoms with Gasteiger partial charge in [0.1, 0.15) is 29.6 Å². The van der Waals surface area contributed by atoms with Crippen LogP contribution in [0.5, 0.6) is 5.75 Å². The molecule has 0 radical (unpaired) electrons. The third-order valence-corrected chi connectivity index (χ3v) is 4.37. The minimum Gasteiger partial charge on any atom is -0.486 e. The van der Waals surface area contributed by atoms with Gasteiger partial charge in [-0.3, -0.25) is 9.59 Å². The van der Waals surface area contributed by atoms with Gasteiger partial charge in [-0.2, -0.15) is 0 Å². The lowest BCUT2D eigenvalue weighted by atomic mass is 10.0. The number of halogens is 1. The van der Waals surface area contributed by atoms with Crippen molar-refractivity contribution in [2.75, 3.05) is 13.2 Å². The van der Waals surface area contributed by atoms with Crippen molar-refractivity contribution in [2.45, 2.75) is 31.9 Å². The lowest BCUT2D eigenvalue weighted by Crippen LogP contribution is -2.47. The van der Waals surface area contributed by atoms with Crippen molar-refractivity contribution in [2.24, 2.45) is 0 Å². The molecule has 1 aliphatic rings. The highest BCUT2D eigenvalue weighted by Crippen LogP contribution is 2.18. The zero-order valence-corrected chi connectivity index (χ0v) is 14.2. The van der Waals surface area contributed by atoms with Gasteiger partial charge in [0.2, 0.25) is 0 Å². The molecule has 1 aromatic carbocycles. The Bertz CT molecular complexity index is 822. The number of aliphatic hydroxyl groups is 1. The number of H-pyrrole nitrogens is 1. The fourth-order valence-electron chi connectivity index (χ4n) is 2.95. The number of aliphatic hydroxyl groups excluding tert-OH is 1. The largest absolute Gasteiger partial charge is 0.486 e. The molecule has 0 bridgehead atoms. The summed E-state index contributed by atoms with van der Waals surface area (Å²) in [6, 6.07) is 5.21. The first kappa shape index (κ1) is 18.1. The van der Waals surface area contributed by atoms with Crippen LogP contribution in [0.25, 0.3) is 0 Å². The van der Waals surface area contributed by atoms with Crippen LogP contribution in [-0.2, 0) is 6.61 Å². The summed E-state index contributed by atoms with van der Waals surface area (Å²) in [6.07, 6.45) is 3.74. The summed E-state index contributed by atoms with van der Waals surface area (Å²) in [5, 5.41) is 9.43. The molecule has 26 heavy (non-hydrogen) atoms. The van der Waals surface area contributed by atoms with Crippen LogP contribution in [0.1, 0.15) is 35.4 Å². The Morgan fingerprint density at radius 1 is 1.35 bits per heavy atom. The van der Waals surface area contributed by atoms with Gasteiger partial charge >= 0.3 is 0 Å². The molecule has 8 heteroatoms. The number of carbonyl (C=O) groups excluding carboxylic acids is 1. The summed E-state index contributed by atoms with van der Waals surface area (Å²) in [5.74, 6) is -0.101. The molecule has 2 heterocycles. The maximum absolute atomic E-state index is 12.9. The van der Waals surface area contributed by atoms with Gasteiger partial charge in [-0.1, -0.05) is 0 Å². The van der Waals surface area contributed by atoms with Gasteiger partial charge in [0.05, 0.1) is 12.6 Å². The summed E-state index contributed by atoms with van der Waals surface area (Å²) in [5.41, 5.74) is -0.610. The average molecular weight is 361 g/mol. The topological polar surface area (TPSA) is 95.5 Å². The Hall–Kier alpha value is -2.74. The number of hydrogen-bond acceptors (Lipinski definition) is 5. The molecule has 138 valence electrons. The highest BCUT2D eigenvalue weighted by molar-refractivity contribution is 5.93. The summed E-state index contributed by atoms with van der Waals surface area (Å²) in [7, 11) is 0. The maximum Gasteiger partial charge on any atom is 0.263 e. The molecule has 1 amide bonds. The van der Waals surface area contributed by atoms with Gasteiger partial charge in [0.15, 0.2) is 0 Å². The number of likely N-dealkylation sites (tertiary alicyclic amines) is 1. The Kier molecular flexibility index (Phi) is 5.62. The number of aromatic nitrogens is 2. The standard InChI is InChI=1S/C18H20FN3O4/c19-12-4-6-14(7-5-12)26-11-16-20-9-15(17(24)21-16)18(25)22-8-2-1-3-13(22)10-23/h4-7,9,13,23H,1-3,8,10-11H2,(H,20,21,24)/t13-/m0/s1. The number of hydrogen-bond donors (Lipinski definition) is 2. The number of nitrogens with zero attached hydrogens (tertiary/aromatic N) is 2. The first-order valence-corrected chi connectivity index (χ1v) is 8.47. The van der Waals surface area contributed by atoms with Crippen LogP contribution in [0.15, 0.2) is 35.3 Å². The van der Waals surface area contributed by atoms with Crippen molar-refractivity contribution in [3.05, 3.63) is 58.0 Å². The summed E-state index contributed by atoms with van der Waals surface area (Å²) >= 11 is 0. The SMILES string of the molecule is O=C(c1cnc(COc2ccc(F)cc2)[nH]c1=O)N1CCCC[C@H]1CO. The van der Waals surface area contributed by atoms with Crippen molar-refractivity contribution in [1.29, 1.82) is 0 Å². The molecule has 0 unspecified atom stereocenters. The quantitative estimate of drug-likeness (QED) is 0.841. The van der Waals surface area contributed by atoms with Crippen molar-refractivity contribution in [1.82, 2.24) is 14.9 Å². The summed E-state index contributed by atoms with van der Waals surface area (Å²) < 4.78 is 18.3. The molecule has 1 fully saturated rings. The van der Waals surface area contributed by atoms with Gasteiger partial charge in [-0.15, -0.1) is 0 Å². The molecule has 2 N–H and O–H groups in total. The molecule has 0 aliphatic carbocycles. The molecule has 2 aromatic rings. The van der Waals surface area contributed by atoms with E-state index in [1.165, 1.54) is 35.4 Å². The van der Waals surface area contributed by atoms with E-state index in [4.69, 9.17) is 4.74 Å². The van der Waals surface area contributed by atoms with E-state index in [1.54, 1.807) is 0 Å². The number of ether oxygens (including phenoxy) is 1. The molecule has 0 spiro atoms. The minimum absolute atomic E-state index is 0.0156. The monoisotopic (exact) mass is 361 g/mol. The maximum atomic E-state index is 12.9. The van der Waals surface area contributed by atoms with E-state index in [9.17, 15) is 19.1 Å². The lowest BCUT2D eigenvalue weighted by Gasteiger charge is -2.34. The third kappa shape index (κ3) is 4.08. The molecule has 1 atom stereocenters. The van der Waals surface area contributed by atoms with Crippen LogP contribution in [0, 0.1) is 5.82 Å². The Morgan fingerprint density at radius 3 is 2.81 bits per heavy atom. The Morgan fingerprint density at radius 2 is 2.12 bits per heavy atom. The second-order valence-corrected chi connectivity index (χ2v) is 6.15. The number of nitrogens with one attached hydrogen (secondary N) is 1. The van der Waals surface area contributed by atoms with Crippen molar-refractivity contribution < 1.29 is 19.0 Å². The van der Waals surface area contributed by atoms with Gasteiger partial charge < -0.3 is 19.7 Å². The Labute approximate surface area is 149 Å². The van der Waals surface area contributed by atoms with Gasteiger partial charge in [0, 0.05) is 12.7 Å². The summed E-state index contributed by atoms with van der Waals surface area (Å²) in [6.45, 7) is 0.373. The first-order chi connectivity index (χ1) is 12.6. The molecule has 1 aliphatic heterocycles. The van der Waals surface area contributed by atoms with Crippen LogP contribution in [0.2, 0.25) is 0 Å². The molecule has 1 aromatic heterocycles. The average Bonchev–Trinajstić information content (AvgIpc) is 2.67. The number of carbonyl (C=O) groups is 1. The molecular formula is C18H20FN3O4. The molecular weight excluding hydrogens is 341 g/mol. The van der Waals surface area contributed by atoms with Gasteiger partial charge in [-0.05, 0) is 43.5 Å². The number of aromatic amines is 1. The molecule has 7 nitrogen and oxygen atoms in total. The van der Waals surface area contributed by atoms with Crippen molar-refractivity contribution in [3.63, 3.8) is 0 Å².